The van der Waals surface area contributed by atoms with E-state index in [2.05, 4.69) is 20.0 Å². The van der Waals surface area contributed by atoms with Crippen LogP contribution in [0.3, 0.4) is 0 Å². The predicted octanol–water partition coefficient (Wildman–Crippen LogP) is 2.18. The molecule has 2 heterocycles. The molecule has 0 aromatic carbocycles. The summed E-state index contributed by atoms with van der Waals surface area (Å²) in [4.78, 5) is 16.2. The lowest BCUT2D eigenvalue weighted by atomic mass is 10.1. The van der Waals surface area contributed by atoms with E-state index >= 15 is 0 Å². The van der Waals surface area contributed by atoms with Crippen LogP contribution in [0.15, 0.2) is 18.5 Å². The molecule has 2 aromatic heterocycles. The van der Waals surface area contributed by atoms with Crippen LogP contribution in [-0.2, 0) is 6.54 Å². The maximum atomic E-state index is 12.2. The molecule has 4 N–H and O–H groups in total. The van der Waals surface area contributed by atoms with Crippen molar-refractivity contribution in [2.24, 2.45) is 0 Å². The van der Waals surface area contributed by atoms with Crippen LogP contribution < -0.4 is 16.4 Å². The predicted molar refractivity (Wildman–Crippen MR) is 85.4 cm³/mol. The highest BCUT2D eigenvalue weighted by molar-refractivity contribution is 7.11. The minimum absolute atomic E-state index is 0.0482. The van der Waals surface area contributed by atoms with Gasteiger partial charge in [0.15, 0.2) is 5.82 Å². The number of amides is 1. The van der Waals surface area contributed by atoms with Crippen LogP contribution in [0.5, 0.6) is 0 Å². The first-order chi connectivity index (χ1) is 9.99. The van der Waals surface area contributed by atoms with E-state index in [1.165, 1.54) is 11.5 Å². The first-order valence-corrected chi connectivity index (χ1v) is 7.45. The number of nitrogen functional groups attached to an aromatic ring is 1. The number of nitrogens with one attached hydrogen (secondary N) is 2. The molecule has 0 saturated heterocycles. The maximum absolute atomic E-state index is 12.2. The maximum Gasteiger partial charge on any atom is 0.258 e. The molecule has 21 heavy (non-hydrogen) atoms. The van der Waals surface area contributed by atoms with Crippen molar-refractivity contribution in [2.45, 2.75) is 33.4 Å². The van der Waals surface area contributed by atoms with E-state index in [4.69, 9.17) is 5.73 Å². The number of aromatic nitrogens is 2. The van der Waals surface area contributed by atoms with Crippen LogP contribution in [0.4, 0.5) is 10.8 Å². The number of rotatable bonds is 5. The summed E-state index contributed by atoms with van der Waals surface area (Å²) < 4.78 is 4.06. The zero-order valence-electron chi connectivity index (χ0n) is 12.3. The molecule has 0 atom stereocenters. The Morgan fingerprint density at radius 1 is 1.48 bits per heavy atom. The van der Waals surface area contributed by atoms with Gasteiger partial charge in [0.2, 0.25) is 0 Å². The minimum Gasteiger partial charge on any atom is -0.382 e. The van der Waals surface area contributed by atoms with Crippen molar-refractivity contribution in [3.63, 3.8) is 0 Å². The topological polar surface area (TPSA) is 92.9 Å². The van der Waals surface area contributed by atoms with Crippen LogP contribution in [0.2, 0.25) is 0 Å². The van der Waals surface area contributed by atoms with Crippen LogP contribution >= 0.6 is 11.5 Å². The van der Waals surface area contributed by atoms with E-state index in [0.29, 0.717) is 17.1 Å². The molecule has 2 rings (SSSR count). The summed E-state index contributed by atoms with van der Waals surface area (Å²) in [5, 5.41) is 6.75. The molecule has 0 aliphatic rings. The molecule has 0 bridgehead atoms. The third kappa shape index (κ3) is 3.69. The van der Waals surface area contributed by atoms with Gasteiger partial charge in [0.1, 0.15) is 10.6 Å². The molecular weight excluding hydrogens is 286 g/mol. The van der Waals surface area contributed by atoms with Gasteiger partial charge in [-0.2, -0.15) is 4.37 Å². The number of pyridine rings is 1. The van der Waals surface area contributed by atoms with Gasteiger partial charge in [-0.3, -0.25) is 9.78 Å². The molecule has 0 saturated carbocycles. The van der Waals surface area contributed by atoms with Gasteiger partial charge < -0.3 is 16.4 Å². The molecule has 1 amide bonds. The van der Waals surface area contributed by atoms with Crippen LogP contribution in [0.1, 0.15) is 35.3 Å². The Labute approximate surface area is 128 Å². The van der Waals surface area contributed by atoms with Gasteiger partial charge in [-0.05, 0) is 49.5 Å². The Morgan fingerprint density at radius 3 is 2.90 bits per heavy atom. The highest BCUT2D eigenvalue weighted by Crippen LogP contribution is 2.27. The number of anilines is 2. The first kappa shape index (κ1) is 15.2. The second-order valence-electron chi connectivity index (χ2n) is 5.06. The normalized spacial score (nSPS) is 10.7. The highest BCUT2D eigenvalue weighted by atomic mass is 32.1. The second kappa shape index (κ2) is 6.53. The van der Waals surface area contributed by atoms with E-state index in [9.17, 15) is 4.79 Å². The Bertz CT molecular complexity index is 638. The average Bonchev–Trinajstić information content (AvgIpc) is 2.78. The molecule has 6 nitrogen and oxygen atoms in total. The summed E-state index contributed by atoms with van der Waals surface area (Å²) in [6.45, 7) is 6.40. The van der Waals surface area contributed by atoms with Gasteiger partial charge in [-0.25, -0.2) is 0 Å². The summed E-state index contributed by atoms with van der Waals surface area (Å²) >= 11 is 1.19. The quantitative estimate of drug-likeness (QED) is 0.787. The second-order valence-corrected chi connectivity index (χ2v) is 5.83. The summed E-state index contributed by atoms with van der Waals surface area (Å²) in [5.41, 5.74) is 8.43. The lowest BCUT2D eigenvalue weighted by Gasteiger charge is -2.11. The number of aryl methyl sites for hydroxylation is 1. The Kier molecular flexibility index (Phi) is 4.74. The zero-order valence-corrected chi connectivity index (χ0v) is 13.1. The number of carbonyl (C=O) groups excluding carboxylic acids is 1. The van der Waals surface area contributed by atoms with Gasteiger partial charge in [0.25, 0.3) is 5.91 Å². The van der Waals surface area contributed by atoms with Crippen molar-refractivity contribution in [2.75, 3.05) is 11.1 Å². The van der Waals surface area contributed by atoms with Crippen molar-refractivity contribution in [3.05, 3.63) is 35.2 Å². The lowest BCUT2D eigenvalue weighted by Crippen LogP contribution is -2.30. The van der Waals surface area contributed by atoms with Crippen LogP contribution in [0, 0.1) is 6.92 Å². The fraction of sp³-hybridized carbons (Fsp3) is 0.357. The Balaban J connectivity index is 2.14. The summed E-state index contributed by atoms with van der Waals surface area (Å²) in [6.07, 6.45) is 3.56. The van der Waals surface area contributed by atoms with Gasteiger partial charge in [0.05, 0.1) is 0 Å². The van der Waals surface area contributed by atoms with Gasteiger partial charge in [-0.15, -0.1) is 0 Å². The van der Waals surface area contributed by atoms with Crippen molar-refractivity contribution < 1.29 is 4.79 Å². The fourth-order valence-electron chi connectivity index (χ4n) is 1.85. The number of hydrogen-bond acceptors (Lipinski definition) is 6. The van der Waals surface area contributed by atoms with E-state index in [1.54, 1.807) is 6.20 Å². The van der Waals surface area contributed by atoms with Crippen LogP contribution in [0.25, 0.3) is 0 Å². The van der Waals surface area contributed by atoms with Crippen molar-refractivity contribution in [3.8, 4) is 0 Å². The monoisotopic (exact) mass is 305 g/mol. The van der Waals surface area contributed by atoms with Crippen molar-refractivity contribution in [1.82, 2.24) is 14.7 Å². The van der Waals surface area contributed by atoms with Gasteiger partial charge >= 0.3 is 0 Å². The Hall–Kier alpha value is -2.15. The number of nitrogens with two attached hydrogens (primary N) is 1. The number of hydrogen-bond donors (Lipinski definition) is 3. The number of carbonyl (C=O) groups is 1. The van der Waals surface area contributed by atoms with Gasteiger partial charge in [0, 0.05) is 25.0 Å². The molecule has 0 spiro atoms. The van der Waals surface area contributed by atoms with E-state index in [0.717, 1.165) is 11.1 Å². The van der Waals surface area contributed by atoms with Crippen molar-refractivity contribution >= 4 is 28.3 Å². The summed E-state index contributed by atoms with van der Waals surface area (Å²) in [7, 11) is 0. The number of nitrogens with zero attached hydrogens (tertiary/aromatic N) is 2. The average molecular weight is 305 g/mol. The Morgan fingerprint density at radius 2 is 2.24 bits per heavy atom. The molecule has 0 aliphatic heterocycles. The molecule has 0 unspecified atom stereocenters. The van der Waals surface area contributed by atoms with Gasteiger partial charge in [-0.1, -0.05) is 0 Å². The zero-order chi connectivity index (χ0) is 15.4. The third-order valence-corrected chi connectivity index (χ3v) is 3.76. The third-order valence-electron chi connectivity index (χ3n) is 2.94. The minimum atomic E-state index is -0.204. The SMILES string of the molecule is Cc1cnccc1CNc1snc(N)c1C(=O)NC(C)C. The fourth-order valence-corrected chi connectivity index (χ4v) is 2.56. The molecule has 0 aliphatic carbocycles. The highest BCUT2D eigenvalue weighted by Gasteiger charge is 2.19. The van der Waals surface area contributed by atoms with Crippen LogP contribution in [-0.4, -0.2) is 21.3 Å². The molecule has 2 aromatic rings. The molecule has 0 radical (unpaired) electrons. The van der Waals surface area contributed by atoms with E-state index in [1.807, 2.05) is 33.0 Å². The molecule has 112 valence electrons. The summed E-state index contributed by atoms with van der Waals surface area (Å²) in [6, 6.07) is 1.99. The van der Waals surface area contributed by atoms with Crippen molar-refractivity contribution in [1.29, 1.82) is 0 Å². The molecule has 7 heteroatoms. The molecule has 0 fully saturated rings. The lowest BCUT2D eigenvalue weighted by molar-refractivity contribution is 0.0945. The summed E-state index contributed by atoms with van der Waals surface area (Å²) in [5.74, 6) is 0.0531. The standard InChI is InChI=1S/C14H19N5OS/c1-8(2)18-13(20)11-12(15)19-21-14(11)17-7-10-4-5-16-6-9(10)3/h4-6,8,17H,7H2,1-3H3,(H2,15,19)(H,18,20). The largest absolute Gasteiger partial charge is 0.382 e. The van der Waals surface area contributed by atoms with E-state index in [-0.39, 0.29) is 17.8 Å². The first-order valence-electron chi connectivity index (χ1n) is 6.68. The van der Waals surface area contributed by atoms with E-state index < -0.39 is 0 Å². The molecular formula is C14H19N5OS. The smallest absolute Gasteiger partial charge is 0.258 e.